The topological polar surface area (TPSA) is 41.6 Å². The van der Waals surface area contributed by atoms with Crippen LogP contribution in [0.5, 0.6) is 0 Å². The molecule has 1 aromatic carbocycles. The van der Waals surface area contributed by atoms with Crippen molar-refractivity contribution in [1.82, 2.24) is 4.90 Å². The lowest BCUT2D eigenvalue weighted by molar-refractivity contribution is 0.486. The van der Waals surface area contributed by atoms with E-state index in [0.717, 1.165) is 11.0 Å². The lowest BCUT2D eigenvalue weighted by atomic mass is 10.2. The first kappa shape index (κ1) is 13.4. The van der Waals surface area contributed by atoms with Crippen LogP contribution in [0, 0.1) is 0 Å². The summed E-state index contributed by atoms with van der Waals surface area (Å²) in [6, 6.07) is 8.72. The third-order valence-electron chi connectivity index (χ3n) is 3.34. The number of halogens is 1. The Balaban J connectivity index is 1.96. The molecule has 2 N–H and O–H groups in total. The zero-order chi connectivity index (χ0) is 13.0. The molecule has 0 bridgehead atoms. The zero-order valence-electron chi connectivity index (χ0n) is 10.8. The Morgan fingerprint density at radius 3 is 2.83 bits per heavy atom. The summed E-state index contributed by atoms with van der Waals surface area (Å²) in [6.07, 6.45) is 4.95. The number of aliphatic imine (C=N–C) groups is 1. The number of nitrogens with zero attached hydrogens (tertiary/aromatic N) is 2. The van der Waals surface area contributed by atoms with Crippen LogP contribution in [0.25, 0.3) is 0 Å². The maximum Gasteiger partial charge on any atom is 0.191 e. The molecule has 2 rings (SSSR count). The Labute approximate surface area is 117 Å². The van der Waals surface area contributed by atoms with E-state index >= 15 is 0 Å². The summed E-state index contributed by atoms with van der Waals surface area (Å²) in [5.41, 5.74) is 7.28. The van der Waals surface area contributed by atoms with Gasteiger partial charge in [-0.1, -0.05) is 40.9 Å². The average Bonchev–Trinajstić information content (AvgIpc) is 2.81. The number of rotatable bonds is 3. The number of hydrogen-bond acceptors (Lipinski definition) is 1. The van der Waals surface area contributed by atoms with Crippen molar-refractivity contribution in [3.05, 3.63) is 34.3 Å². The molecule has 1 aromatic rings. The van der Waals surface area contributed by atoms with Crippen LogP contribution in [0.2, 0.25) is 0 Å². The molecule has 98 valence electrons. The van der Waals surface area contributed by atoms with E-state index in [1.807, 2.05) is 24.1 Å². The molecule has 0 unspecified atom stereocenters. The molecule has 1 saturated carbocycles. The van der Waals surface area contributed by atoms with E-state index in [9.17, 15) is 0 Å². The van der Waals surface area contributed by atoms with Crippen LogP contribution < -0.4 is 5.73 Å². The van der Waals surface area contributed by atoms with Crippen molar-refractivity contribution in [2.75, 3.05) is 7.05 Å². The summed E-state index contributed by atoms with van der Waals surface area (Å²) >= 11 is 3.48. The highest BCUT2D eigenvalue weighted by atomic mass is 79.9. The summed E-state index contributed by atoms with van der Waals surface area (Å²) in [5.74, 6) is 0.655. The lowest BCUT2D eigenvalue weighted by Crippen LogP contribution is -2.34. The highest BCUT2D eigenvalue weighted by molar-refractivity contribution is 9.10. The van der Waals surface area contributed by atoms with E-state index in [4.69, 9.17) is 5.73 Å². The maximum absolute atomic E-state index is 6.05. The van der Waals surface area contributed by atoms with E-state index in [2.05, 4.69) is 33.1 Å². The predicted octanol–water partition coefficient (Wildman–Crippen LogP) is 3.14. The van der Waals surface area contributed by atoms with Crippen molar-refractivity contribution < 1.29 is 0 Å². The molecule has 3 nitrogen and oxygen atoms in total. The second kappa shape index (κ2) is 6.23. The second-order valence-corrected chi connectivity index (χ2v) is 5.83. The summed E-state index contributed by atoms with van der Waals surface area (Å²) < 4.78 is 1.10. The molecule has 1 aliphatic rings. The van der Waals surface area contributed by atoms with Crippen LogP contribution in [0.4, 0.5) is 0 Å². The van der Waals surface area contributed by atoms with Gasteiger partial charge in [-0.2, -0.15) is 0 Å². The molecule has 0 radical (unpaired) electrons. The van der Waals surface area contributed by atoms with Crippen molar-refractivity contribution in [3.8, 4) is 0 Å². The highest BCUT2D eigenvalue weighted by Crippen LogP contribution is 2.21. The molecule has 4 heteroatoms. The highest BCUT2D eigenvalue weighted by Gasteiger charge is 2.15. The van der Waals surface area contributed by atoms with E-state index < -0.39 is 0 Å². The maximum atomic E-state index is 6.05. The largest absolute Gasteiger partial charge is 0.370 e. The number of benzene rings is 1. The first-order valence-corrected chi connectivity index (χ1v) is 7.23. The zero-order valence-corrected chi connectivity index (χ0v) is 12.4. The summed E-state index contributed by atoms with van der Waals surface area (Å²) in [5, 5.41) is 0. The molecular formula is C14H20BrN3. The molecule has 0 spiro atoms. The Morgan fingerprint density at radius 1 is 1.44 bits per heavy atom. The lowest BCUT2D eigenvalue weighted by Gasteiger charge is -2.19. The minimum Gasteiger partial charge on any atom is -0.370 e. The van der Waals surface area contributed by atoms with Gasteiger partial charge in [0.2, 0.25) is 0 Å². The Morgan fingerprint density at radius 2 is 2.17 bits per heavy atom. The molecule has 1 aliphatic carbocycles. The van der Waals surface area contributed by atoms with E-state index in [1.165, 1.54) is 31.2 Å². The minimum atomic E-state index is 0.440. The van der Waals surface area contributed by atoms with Gasteiger partial charge in [-0.25, -0.2) is 4.99 Å². The van der Waals surface area contributed by atoms with Gasteiger partial charge in [0.05, 0.1) is 6.04 Å². The normalized spacial score (nSPS) is 17.1. The Bertz CT molecular complexity index is 425. The molecule has 0 amide bonds. The molecule has 0 aromatic heterocycles. The minimum absolute atomic E-state index is 0.440. The summed E-state index contributed by atoms with van der Waals surface area (Å²) in [7, 11) is 1.99. The van der Waals surface area contributed by atoms with E-state index in [0.29, 0.717) is 12.0 Å². The van der Waals surface area contributed by atoms with Crippen LogP contribution in [-0.2, 0) is 6.54 Å². The van der Waals surface area contributed by atoms with Crippen LogP contribution in [0.15, 0.2) is 33.7 Å². The van der Waals surface area contributed by atoms with E-state index in [-0.39, 0.29) is 0 Å². The van der Waals surface area contributed by atoms with Gasteiger partial charge in [-0.3, -0.25) is 0 Å². The van der Waals surface area contributed by atoms with Crippen molar-refractivity contribution in [2.45, 2.75) is 38.3 Å². The molecule has 0 heterocycles. The SMILES string of the molecule is CN(Cc1cccc(Br)c1)C(N)=NC1CCCC1. The number of nitrogens with two attached hydrogens (primary N) is 1. The van der Waals surface area contributed by atoms with Crippen LogP contribution >= 0.6 is 15.9 Å². The average molecular weight is 310 g/mol. The summed E-state index contributed by atoms with van der Waals surface area (Å²) in [6.45, 7) is 0.793. The van der Waals surface area contributed by atoms with Gasteiger partial charge in [0.25, 0.3) is 0 Å². The fraction of sp³-hybridized carbons (Fsp3) is 0.500. The predicted molar refractivity (Wildman–Crippen MR) is 79.5 cm³/mol. The fourth-order valence-corrected chi connectivity index (χ4v) is 2.76. The van der Waals surface area contributed by atoms with Gasteiger partial charge >= 0.3 is 0 Å². The standard InChI is InChI=1S/C14H20BrN3/c1-18(10-11-5-4-6-12(15)9-11)14(16)17-13-7-2-3-8-13/h4-6,9,13H,2-3,7-8,10H2,1H3,(H2,16,17). The number of guanidine groups is 1. The fourth-order valence-electron chi connectivity index (χ4n) is 2.31. The van der Waals surface area contributed by atoms with Crippen molar-refractivity contribution in [3.63, 3.8) is 0 Å². The Kier molecular flexibility index (Phi) is 4.64. The van der Waals surface area contributed by atoms with Crippen molar-refractivity contribution >= 4 is 21.9 Å². The quantitative estimate of drug-likeness (QED) is 0.688. The molecule has 1 fully saturated rings. The van der Waals surface area contributed by atoms with Crippen LogP contribution in [-0.4, -0.2) is 23.9 Å². The van der Waals surface area contributed by atoms with E-state index in [1.54, 1.807) is 0 Å². The third kappa shape index (κ3) is 3.73. The van der Waals surface area contributed by atoms with Crippen molar-refractivity contribution in [1.29, 1.82) is 0 Å². The molecular weight excluding hydrogens is 290 g/mol. The van der Waals surface area contributed by atoms with Gasteiger partial charge in [-0.05, 0) is 30.5 Å². The summed E-state index contributed by atoms with van der Waals surface area (Å²) in [4.78, 5) is 6.62. The molecule has 18 heavy (non-hydrogen) atoms. The van der Waals surface area contributed by atoms with Gasteiger partial charge in [0.1, 0.15) is 0 Å². The number of hydrogen-bond donors (Lipinski definition) is 1. The molecule has 0 aliphatic heterocycles. The van der Waals surface area contributed by atoms with Gasteiger partial charge in [0, 0.05) is 18.1 Å². The molecule has 0 saturated heterocycles. The van der Waals surface area contributed by atoms with Crippen LogP contribution in [0.1, 0.15) is 31.2 Å². The first-order chi connectivity index (χ1) is 8.65. The van der Waals surface area contributed by atoms with Gasteiger partial charge < -0.3 is 10.6 Å². The third-order valence-corrected chi connectivity index (χ3v) is 3.83. The monoisotopic (exact) mass is 309 g/mol. The second-order valence-electron chi connectivity index (χ2n) is 4.91. The van der Waals surface area contributed by atoms with Crippen molar-refractivity contribution in [2.24, 2.45) is 10.7 Å². The van der Waals surface area contributed by atoms with Gasteiger partial charge in [0.15, 0.2) is 5.96 Å². The molecule has 0 atom stereocenters. The van der Waals surface area contributed by atoms with Crippen LogP contribution in [0.3, 0.4) is 0 Å². The first-order valence-electron chi connectivity index (χ1n) is 6.44. The smallest absolute Gasteiger partial charge is 0.191 e. The van der Waals surface area contributed by atoms with Gasteiger partial charge in [-0.15, -0.1) is 0 Å². The Hall–Kier alpha value is -1.03.